The van der Waals surface area contributed by atoms with Crippen LogP contribution in [0.5, 0.6) is 5.75 Å². The molecule has 194 valence electrons. The van der Waals surface area contributed by atoms with Crippen molar-refractivity contribution in [1.82, 2.24) is 14.9 Å². The maximum absolute atomic E-state index is 14.5. The number of hydrogen-bond acceptors (Lipinski definition) is 6. The quantitative estimate of drug-likeness (QED) is 0.463. The first kappa shape index (κ1) is 24.9. The largest absolute Gasteiger partial charge is 0.493 e. The van der Waals surface area contributed by atoms with Crippen LogP contribution in [-0.4, -0.2) is 60.7 Å². The summed E-state index contributed by atoms with van der Waals surface area (Å²) in [5.41, 5.74) is 1.43. The van der Waals surface area contributed by atoms with Gasteiger partial charge in [-0.1, -0.05) is 6.07 Å². The SMILES string of the molecule is COCc1cnc(N2CCC([C@H]3C[C@H]3CCOc3ccc(CC(=O)N(C)C4CC4)c(F)c3)CC2)nc1. The van der Waals surface area contributed by atoms with Crippen LogP contribution in [0.3, 0.4) is 0 Å². The number of likely N-dealkylation sites (N-methyl/N-ethyl adjacent to an activating group) is 1. The van der Waals surface area contributed by atoms with Gasteiger partial charge in [0.1, 0.15) is 11.6 Å². The summed E-state index contributed by atoms with van der Waals surface area (Å²) in [7, 11) is 3.48. The molecule has 0 bridgehead atoms. The smallest absolute Gasteiger partial charge is 0.227 e. The first-order chi connectivity index (χ1) is 17.5. The number of amides is 1. The highest BCUT2D eigenvalue weighted by atomic mass is 19.1. The number of hydrogen-bond donors (Lipinski definition) is 0. The summed E-state index contributed by atoms with van der Waals surface area (Å²) in [4.78, 5) is 25.3. The van der Waals surface area contributed by atoms with Crippen molar-refractivity contribution in [1.29, 1.82) is 0 Å². The van der Waals surface area contributed by atoms with Crippen molar-refractivity contribution in [2.45, 2.75) is 57.6 Å². The van der Waals surface area contributed by atoms with Crippen LogP contribution in [0.2, 0.25) is 0 Å². The number of nitrogens with zero attached hydrogens (tertiary/aromatic N) is 4. The van der Waals surface area contributed by atoms with Crippen molar-refractivity contribution in [3.63, 3.8) is 0 Å². The number of ether oxygens (including phenoxy) is 2. The summed E-state index contributed by atoms with van der Waals surface area (Å²) in [5, 5.41) is 0. The zero-order valence-corrected chi connectivity index (χ0v) is 21.4. The molecule has 0 unspecified atom stereocenters. The molecule has 5 rings (SSSR count). The van der Waals surface area contributed by atoms with Crippen LogP contribution in [0, 0.1) is 23.6 Å². The number of carbonyl (C=O) groups excluding carboxylic acids is 1. The lowest BCUT2D eigenvalue weighted by molar-refractivity contribution is -0.129. The molecular formula is C28H37FN4O3. The van der Waals surface area contributed by atoms with Gasteiger partial charge in [0.2, 0.25) is 11.9 Å². The second-order valence-electron chi connectivity index (χ2n) is 10.6. The fourth-order valence-electron chi connectivity index (χ4n) is 5.50. The Morgan fingerprint density at radius 1 is 1.17 bits per heavy atom. The van der Waals surface area contributed by atoms with Gasteiger partial charge in [0.05, 0.1) is 19.6 Å². The molecule has 2 aliphatic carbocycles. The number of aromatic nitrogens is 2. The van der Waals surface area contributed by atoms with Crippen LogP contribution < -0.4 is 9.64 Å². The predicted octanol–water partition coefficient (Wildman–Crippen LogP) is 4.25. The Labute approximate surface area is 213 Å². The molecule has 1 saturated heterocycles. The molecule has 0 N–H and O–H groups in total. The Kier molecular flexibility index (Phi) is 7.70. The summed E-state index contributed by atoms with van der Waals surface area (Å²) < 4.78 is 25.5. The van der Waals surface area contributed by atoms with E-state index in [0.717, 1.165) is 55.7 Å². The van der Waals surface area contributed by atoms with E-state index < -0.39 is 0 Å². The van der Waals surface area contributed by atoms with Gasteiger partial charge in [-0.15, -0.1) is 0 Å². The van der Waals surface area contributed by atoms with E-state index in [4.69, 9.17) is 9.47 Å². The first-order valence-corrected chi connectivity index (χ1v) is 13.2. The average molecular weight is 497 g/mol. The van der Waals surface area contributed by atoms with Crippen molar-refractivity contribution in [2.75, 3.05) is 38.8 Å². The normalized spacial score (nSPS) is 21.9. The fraction of sp³-hybridized carbons (Fsp3) is 0.607. The van der Waals surface area contributed by atoms with Crippen molar-refractivity contribution >= 4 is 11.9 Å². The number of rotatable bonds is 11. The standard InChI is InChI=1S/C28H37FN4O3/c1-32(23-4-5-23)27(34)14-22-3-6-24(15-26(22)29)36-12-9-21-13-25(21)20-7-10-33(11-8-20)28-30-16-19(17-31-28)18-35-2/h3,6,15-17,20-21,23,25H,4-5,7-14,18H2,1-2H3/t21-,25-/m1/s1. The Bertz CT molecular complexity index is 1040. The van der Waals surface area contributed by atoms with Gasteiger partial charge in [-0.3, -0.25) is 4.79 Å². The van der Waals surface area contributed by atoms with Gasteiger partial charge in [-0.2, -0.15) is 0 Å². The third kappa shape index (κ3) is 6.14. The summed E-state index contributed by atoms with van der Waals surface area (Å²) >= 11 is 0. The molecule has 0 spiro atoms. The monoisotopic (exact) mass is 496 g/mol. The molecule has 2 heterocycles. The minimum atomic E-state index is -0.363. The van der Waals surface area contributed by atoms with Gasteiger partial charge in [-0.25, -0.2) is 14.4 Å². The zero-order valence-electron chi connectivity index (χ0n) is 21.4. The molecule has 2 saturated carbocycles. The van der Waals surface area contributed by atoms with Crippen LogP contribution >= 0.6 is 0 Å². The van der Waals surface area contributed by atoms with Crippen LogP contribution in [0.4, 0.5) is 10.3 Å². The molecule has 36 heavy (non-hydrogen) atoms. The maximum atomic E-state index is 14.5. The highest BCUT2D eigenvalue weighted by Gasteiger charge is 2.43. The Morgan fingerprint density at radius 3 is 2.58 bits per heavy atom. The van der Waals surface area contributed by atoms with E-state index in [-0.39, 0.29) is 18.1 Å². The van der Waals surface area contributed by atoms with E-state index in [2.05, 4.69) is 14.9 Å². The average Bonchev–Trinajstić information content (AvgIpc) is 3.81. The van der Waals surface area contributed by atoms with Gasteiger partial charge < -0.3 is 19.3 Å². The second-order valence-corrected chi connectivity index (χ2v) is 10.6. The maximum Gasteiger partial charge on any atom is 0.227 e. The lowest BCUT2D eigenvalue weighted by Gasteiger charge is -2.32. The predicted molar refractivity (Wildman–Crippen MR) is 135 cm³/mol. The molecule has 1 amide bonds. The number of halogens is 1. The van der Waals surface area contributed by atoms with E-state index in [1.807, 2.05) is 12.4 Å². The summed E-state index contributed by atoms with van der Waals surface area (Å²) in [6.45, 7) is 3.13. The highest BCUT2D eigenvalue weighted by molar-refractivity contribution is 5.79. The molecule has 7 nitrogen and oxygen atoms in total. The number of carbonyl (C=O) groups is 1. The number of methoxy groups -OCH3 is 1. The van der Waals surface area contributed by atoms with Gasteiger partial charge in [0.25, 0.3) is 0 Å². The fourth-order valence-corrected chi connectivity index (χ4v) is 5.50. The summed E-state index contributed by atoms with van der Waals surface area (Å²) in [6.07, 6.45) is 10.5. The van der Waals surface area contributed by atoms with Crippen LogP contribution in [-0.2, 0) is 22.6 Å². The topological polar surface area (TPSA) is 67.8 Å². The van der Waals surface area contributed by atoms with Gasteiger partial charge in [0.15, 0.2) is 0 Å². The molecule has 3 fully saturated rings. The minimum Gasteiger partial charge on any atom is -0.493 e. The Balaban J connectivity index is 1.01. The third-order valence-corrected chi connectivity index (χ3v) is 8.02. The summed E-state index contributed by atoms with van der Waals surface area (Å²) in [6, 6.07) is 5.23. The molecule has 1 aromatic carbocycles. The van der Waals surface area contributed by atoms with E-state index in [0.29, 0.717) is 36.5 Å². The molecular weight excluding hydrogens is 459 g/mol. The lowest BCUT2D eigenvalue weighted by Crippen LogP contribution is -2.35. The number of piperidine rings is 1. The van der Waals surface area contributed by atoms with Gasteiger partial charge >= 0.3 is 0 Å². The van der Waals surface area contributed by atoms with Crippen LogP contribution in [0.15, 0.2) is 30.6 Å². The van der Waals surface area contributed by atoms with Crippen molar-refractivity contribution in [3.8, 4) is 5.75 Å². The molecule has 8 heteroatoms. The minimum absolute atomic E-state index is 0.0248. The molecule has 3 aliphatic rings. The van der Waals surface area contributed by atoms with Crippen molar-refractivity contribution < 1.29 is 18.7 Å². The van der Waals surface area contributed by atoms with Gasteiger partial charge in [0, 0.05) is 57.3 Å². The molecule has 0 radical (unpaired) electrons. The number of benzene rings is 1. The second kappa shape index (κ2) is 11.1. The number of anilines is 1. The zero-order chi connectivity index (χ0) is 25.1. The lowest BCUT2D eigenvalue weighted by atomic mass is 9.90. The van der Waals surface area contributed by atoms with Crippen LogP contribution in [0.1, 0.15) is 49.7 Å². The molecule has 2 atom stereocenters. The van der Waals surface area contributed by atoms with Crippen molar-refractivity contribution in [2.24, 2.45) is 17.8 Å². The van der Waals surface area contributed by atoms with Gasteiger partial charge in [-0.05, 0) is 67.9 Å². The van der Waals surface area contributed by atoms with E-state index in [9.17, 15) is 9.18 Å². The third-order valence-electron chi connectivity index (χ3n) is 8.02. The highest BCUT2D eigenvalue weighted by Crippen LogP contribution is 2.49. The molecule has 1 aliphatic heterocycles. The van der Waals surface area contributed by atoms with Crippen LogP contribution in [0.25, 0.3) is 0 Å². The molecule has 1 aromatic heterocycles. The Morgan fingerprint density at radius 2 is 1.92 bits per heavy atom. The first-order valence-electron chi connectivity index (χ1n) is 13.2. The molecule has 2 aromatic rings. The van der Waals surface area contributed by atoms with E-state index >= 15 is 0 Å². The van der Waals surface area contributed by atoms with Crippen molar-refractivity contribution in [3.05, 3.63) is 47.5 Å². The summed E-state index contributed by atoms with van der Waals surface area (Å²) in [5.74, 6) is 3.19. The Hall–Kier alpha value is -2.74. The van der Waals surface area contributed by atoms with E-state index in [1.165, 1.54) is 25.3 Å². The van der Waals surface area contributed by atoms with E-state index in [1.54, 1.807) is 31.2 Å².